The molecule has 0 amide bonds. The van der Waals surface area contributed by atoms with Crippen molar-refractivity contribution in [3.05, 3.63) is 35.8 Å². The van der Waals surface area contributed by atoms with Crippen molar-refractivity contribution in [2.45, 2.75) is 96.7 Å². The summed E-state index contributed by atoms with van der Waals surface area (Å²) in [7, 11) is 1.30. The lowest BCUT2D eigenvalue weighted by Crippen LogP contribution is -2.77. The number of carbonyl (C=O) groups is 4. The van der Waals surface area contributed by atoms with Gasteiger partial charge in [0.25, 0.3) is 0 Å². The van der Waals surface area contributed by atoms with E-state index in [1.54, 1.807) is 26.0 Å². The van der Waals surface area contributed by atoms with Crippen LogP contribution < -0.4 is 0 Å². The van der Waals surface area contributed by atoms with Crippen molar-refractivity contribution in [2.75, 3.05) is 7.11 Å². The highest BCUT2D eigenvalue weighted by Gasteiger charge is 2.90. The second kappa shape index (κ2) is 9.02. The molecule has 0 aromatic carbocycles. The number of hydrogen-bond acceptors (Lipinski definition) is 10. The van der Waals surface area contributed by atoms with Crippen LogP contribution in [-0.2, 0) is 38.1 Å². The number of Topliss-reactive ketones (excluding diaryl/α,β-unsaturated/α-hetero) is 1. The van der Waals surface area contributed by atoms with Gasteiger partial charge in [0, 0.05) is 39.7 Å². The second-order valence-electron chi connectivity index (χ2n) is 13.9. The predicted molar refractivity (Wildman–Crippen MR) is 145 cm³/mol. The average Bonchev–Trinajstić information content (AvgIpc) is 3.43. The standard InChI is InChI=1S/C32H40O10/c1-8-16(2)27(36)41-25-22-23(35)30(6,19(28(25,3)4)13-20(33)38-7)18-9-11-29(5)24(17-10-12-39-15-17)40-21(34)14-31(29,37)32(18)26(22)42-32/h8,10,12,15,18-19,22,24-26,37H,9,11,13-14H2,1-7H3. The Kier molecular flexibility index (Phi) is 6.25. The van der Waals surface area contributed by atoms with Gasteiger partial charge in [-0.25, -0.2) is 4.79 Å². The monoisotopic (exact) mass is 584 g/mol. The quantitative estimate of drug-likeness (QED) is 0.235. The van der Waals surface area contributed by atoms with Gasteiger partial charge < -0.3 is 28.5 Å². The zero-order valence-corrected chi connectivity index (χ0v) is 25.2. The normalized spacial score (nSPS) is 45.1. The number of furan rings is 1. The molecule has 3 saturated carbocycles. The van der Waals surface area contributed by atoms with Gasteiger partial charge in [0.05, 0.1) is 32.0 Å². The number of hydrogen-bond donors (Lipinski definition) is 1. The number of carbonyl (C=O) groups excluding carboxylic acids is 4. The molecule has 10 heteroatoms. The number of allylic oxidation sites excluding steroid dienone is 1. The first-order valence-corrected chi connectivity index (χ1v) is 14.7. The molecule has 2 aliphatic heterocycles. The maximum absolute atomic E-state index is 14.7. The lowest BCUT2D eigenvalue weighted by molar-refractivity contribution is -0.273. The van der Waals surface area contributed by atoms with Crippen molar-refractivity contribution in [1.82, 2.24) is 0 Å². The number of ether oxygens (including phenoxy) is 4. The Hall–Kier alpha value is -2.98. The Morgan fingerprint density at radius 3 is 2.52 bits per heavy atom. The van der Waals surface area contributed by atoms with Gasteiger partial charge in [-0.3, -0.25) is 14.4 Å². The Morgan fingerprint density at radius 2 is 1.90 bits per heavy atom. The van der Waals surface area contributed by atoms with Gasteiger partial charge in [-0.05, 0) is 38.7 Å². The van der Waals surface area contributed by atoms with Crippen LogP contribution >= 0.6 is 0 Å². The predicted octanol–water partition coefficient (Wildman–Crippen LogP) is 3.85. The van der Waals surface area contributed by atoms with E-state index < -0.39 is 81.4 Å². The fourth-order valence-electron chi connectivity index (χ4n) is 9.62. The number of aliphatic hydroxyl groups is 1. The third-order valence-corrected chi connectivity index (χ3v) is 12.0. The number of methoxy groups -OCH3 is 1. The van der Waals surface area contributed by atoms with Crippen LogP contribution in [0.15, 0.2) is 34.7 Å². The Bertz CT molecular complexity index is 1380. The number of rotatable bonds is 5. The van der Waals surface area contributed by atoms with E-state index in [1.165, 1.54) is 19.6 Å². The Labute approximate surface area is 245 Å². The molecule has 1 aromatic rings. The Morgan fingerprint density at radius 1 is 1.19 bits per heavy atom. The summed E-state index contributed by atoms with van der Waals surface area (Å²) in [6.07, 6.45) is 2.66. The first-order chi connectivity index (χ1) is 19.6. The third-order valence-electron chi connectivity index (χ3n) is 12.0. The molecule has 10 atom stereocenters. The summed E-state index contributed by atoms with van der Waals surface area (Å²) in [4.78, 5) is 53.9. The van der Waals surface area contributed by atoms with Crippen LogP contribution in [0.3, 0.4) is 0 Å². The highest BCUT2D eigenvalue weighted by atomic mass is 16.6. The molecular formula is C32H40O10. The van der Waals surface area contributed by atoms with Crippen LogP contribution in [0.4, 0.5) is 0 Å². The summed E-state index contributed by atoms with van der Waals surface area (Å²) < 4.78 is 29.0. The summed E-state index contributed by atoms with van der Waals surface area (Å²) in [6, 6.07) is 1.72. The van der Waals surface area contributed by atoms with Crippen molar-refractivity contribution in [2.24, 2.45) is 34.0 Å². The number of ketones is 1. The van der Waals surface area contributed by atoms with E-state index in [-0.39, 0.29) is 18.6 Å². The van der Waals surface area contributed by atoms with E-state index in [9.17, 15) is 24.3 Å². The van der Waals surface area contributed by atoms with Gasteiger partial charge in [-0.15, -0.1) is 0 Å². The lowest BCUT2D eigenvalue weighted by atomic mass is 9.36. The minimum atomic E-state index is -1.71. The summed E-state index contributed by atoms with van der Waals surface area (Å²) >= 11 is 0. The largest absolute Gasteiger partial charge is 0.472 e. The van der Waals surface area contributed by atoms with Gasteiger partial charge in [0.2, 0.25) is 0 Å². The molecule has 3 heterocycles. The number of cyclic esters (lactones) is 1. The van der Waals surface area contributed by atoms with Crippen LogP contribution in [-0.4, -0.2) is 59.3 Å². The van der Waals surface area contributed by atoms with Gasteiger partial charge in [0.1, 0.15) is 35.3 Å². The zero-order chi connectivity index (χ0) is 30.6. The fourth-order valence-corrected chi connectivity index (χ4v) is 9.62. The topological polar surface area (TPSA) is 142 Å². The van der Waals surface area contributed by atoms with Crippen LogP contribution in [0.5, 0.6) is 0 Å². The molecule has 228 valence electrons. The lowest BCUT2D eigenvalue weighted by Gasteiger charge is -2.67. The molecule has 10 nitrogen and oxygen atoms in total. The minimum Gasteiger partial charge on any atom is -0.472 e. The molecule has 0 radical (unpaired) electrons. The van der Waals surface area contributed by atoms with Crippen molar-refractivity contribution >= 4 is 23.7 Å². The third kappa shape index (κ3) is 3.33. The van der Waals surface area contributed by atoms with Crippen molar-refractivity contribution < 1.29 is 47.6 Å². The molecule has 1 N–H and O–H groups in total. The van der Waals surface area contributed by atoms with E-state index >= 15 is 0 Å². The molecule has 2 bridgehead atoms. The molecule has 2 saturated heterocycles. The number of epoxide rings is 1. The van der Waals surface area contributed by atoms with Gasteiger partial charge in [0.15, 0.2) is 0 Å². The average molecular weight is 585 g/mol. The summed E-state index contributed by atoms with van der Waals surface area (Å²) in [5, 5.41) is 12.9. The summed E-state index contributed by atoms with van der Waals surface area (Å²) in [5.41, 5.74) is -4.93. The van der Waals surface area contributed by atoms with Crippen LogP contribution in [0.25, 0.3) is 0 Å². The molecule has 10 unspecified atom stereocenters. The smallest absolute Gasteiger partial charge is 0.333 e. The molecule has 6 rings (SSSR count). The van der Waals surface area contributed by atoms with E-state index in [0.29, 0.717) is 24.0 Å². The van der Waals surface area contributed by atoms with Crippen molar-refractivity contribution in [1.29, 1.82) is 0 Å². The van der Waals surface area contributed by atoms with Crippen LogP contribution in [0.1, 0.15) is 78.9 Å². The van der Waals surface area contributed by atoms with E-state index in [1.807, 2.05) is 27.7 Å². The number of esters is 3. The molecule has 1 aromatic heterocycles. The second-order valence-corrected chi connectivity index (χ2v) is 13.9. The first kappa shape index (κ1) is 29.1. The molecule has 1 spiro atoms. The van der Waals surface area contributed by atoms with Gasteiger partial charge in [-0.2, -0.15) is 0 Å². The summed E-state index contributed by atoms with van der Waals surface area (Å²) in [6.45, 7) is 11.0. The maximum atomic E-state index is 14.7. The van der Waals surface area contributed by atoms with Gasteiger partial charge in [-0.1, -0.05) is 33.8 Å². The SMILES string of the molecule is CC=C(C)C(=O)OC1C2C(=O)C(C)(C(CC(=O)OC)C1(C)C)C1CCC3(C)C(c4ccoc4)OC(=O)CC3(O)C13OC23. The van der Waals surface area contributed by atoms with Gasteiger partial charge >= 0.3 is 17.9 Å². The highest BCUT2D eigenvalue weighted by Crippen LogP contribution is 2.78. The summed E-state index contributed by atoms with van der Waals surface area (Å²) in [5.74, 6) is -3.78. The highest BCUT2D eigenvalue weighted by molar-refractivity contribution is 5.94. The minimum absolute atomic E-state index is 0.0816. The van der Waals surface area contributed by atoms with E-state index in [4.69, 9.17) is 23.4 Å². The first-order valence-electron chi connectivity index (χ1n) is 14.7. The van der Waals surface area contributed by atoms with Crippen molar-refractivity contribution in [3.63, 3.8) is 0 Å². The fraction of sp³-hybridized carbons (Fsp3) is 0.688. The molecular weight excluding hydrogens is 544 g/mol. The molecule has 5 fully saturated rings. The molecule has 5 aliphatic rings. The van der Waals surface area contributed by atoms with Crippen LogP contribution in [0, 0.1) is 34.0 Å². The number of fused-ring (bicyclic) bond motifs is 5. The maximum Gasteiger partial charge on any atom is 0.333 e. The molecule has 3 aliphatic carbocycles. The van der Waals surface area contributed by atoms with Crippen LogP contribution in [0.2, 0.25) is 0 Å². The van der Waals surface area contributed by atoms with E-state index in [2.05, 4.69) is 0 Å². The Balaban J connectivity index is 1.53. The molecule has 42 heavy (non-hydrogen) atoms. The van der Waals surface area contributed by atoms with Crippen molar-refractivity contribution in [3.8, 4) is 0 Å². The zero-order valence-electron chi connectivity index (χ0n) is 25.2. The van der Waals surface area contributed by atoms with E-state index in [0.717, 1.165) is 0 Å².